The van der Waals surface area contributed by atoms with Gasteiger partial charge in [-0.15, -0.1) is 0 Å². The fourth-order valence-electron chi connectivity index (χ4n) is 1.93. The SMILES string of the molecule is Cc1cnc(Cl)c(NC(C)c2ccc(C(F)(F)F)cc2)c1. The standard InChI is InChI=1S/C15H14ClF3N2/c1-9-7-13(14(16)20-8-9)21-10(2)11-3-5-12(6-4-11)15(17,18)19/h3-8,10,21H,1-2H3. The number of anilines is 1. The molecule has 0 aliphatic carbocycles. The summed E-state index contributed by atoms with van der Waals surface area (Å²) in [6.45, 7) is 3.73. The largest absolute Gasteiger partial charge is 0.416 e. The van der Waals surface area contributed by atoms with Crippen LogP contribution in [0.1, 0.15) is 29.7 Å². The Bertz CT molecular complexity index is 624. The van der Waals surface area contributed by atoms with Gasteiger partial charge in [0.05, 0.1) is 11.3 Å². The van der Waals surface area contributed by atoms with Gasteiger partial charge in [-0.25, -0.2) is 4.98 Å². The molecule has 0 fully saturated rings. The molecule has 0 bridgehead atoms. The lowest BCUT2D eigenvalue weighted by Crippen LogP contribution is -2.09. The number of hydrogen-bond acceptors (Lipinski definition) is 2. The zero-order chi connectivity index (χ0) is 15.6. The molecule has 1 atom stereocenters. The van der Waals surface area contributed by atoms with Crippen molar-refractivity contribution in [2.45, 2.75) is 26.1 Å². The Balaban J connectivity index is 2.17. The number of aryl methyl sites for hydroxylation is 1. The van der Waals surface area contributed by atoms with Crippen molar-refractivity contribution in [1.29, 1.82) is 0 Å². The van der Waals surface area contributed by atoms with E-state index in [1.165, 1.54) is 12.1 Å². The maximum atomic E-state index is 12.5. The Kier molecular flexibility index (Phi) is 4.42. The molecule has 0 aliphatic rings. The van der Waals surface area contributed by atoms with Crippen molar-refractivity contribution in [3.05, 3.63) is 58.4 Å². The monoisotopic (exact) mass is 314 g/mol. The molecule has 1 aromatic heterocycles. The van der Waals surface area contributed by atoms with Gasteiger partial charge in [-0.2, -0.15) is 13.2 Å². The summed E-state index contributed by atoms with van der Waals surface area (Å²) in [6.07, 6.45) is -2.67. The lowest BCUT2D eigenvalue weighted by molar-refractivity contribution is -0.137. The van der Waals surface area contributed by atoms with Gasteiger partial charge in [0.2, 0.25) is 0 Å². The van der Waals surface area contributed by atoms with Crippen LogP contribution in [0.3, 0.4) is 0 Å². The molecular weight excluding hydrogens is 301 g/mol. The number of halogens is 4. The van der Waals surface area contributed by atoms with Crippen molar-refractivity contribution in [2.75, 3.05) is 5.32 Å². The highest BCUT2D eigenvalue weighted by molar-refractivity contribution is 6.31. The van der Waals surface area contributed by atoms with E-state index in [-0.39, 0.29) is 6.04 Å². The molecule has 6 heteroatoms. The van der Waals surface area contributed by atoms with E-state index in [0.29, 0.717) is 10.8 Å². The van der Waals surface area contributed by atoms with Gasteiger partial charge < -0.3 is 5.32 Å². The first-order valence-corrected chi connectivity index (χ1v) is 6.71. The highest BCUT2D eigenvalue weighted by Gasteiger charge is 2.30. The van der Waals surface area contributed by atoms with Crippen molar-refractivity contribution >= 4 is 17.3 Å². The van der Waals surface area contributed by atoms with Crippen LogP contribution in [0, 0.1) is 6.92 Å². The summed E-state index contributed by atoms with van der Waals surface area (Å²) >= 11 is 5.99. The average molecular weight is 315 g/mol. The van der Waals surface area contributed by atoms with Gasteiger partial charge in [-0.05, 0) is 43.2 Å². The minimum absolute atomic E-state index is 0.187. The number of hydrogen-bond donors (Lipinski definition) is 1. The molecule has 0 amide bonds. The Hall–Kier alpha value is -1.75. The number of aromatic nitrogens is 1. The molecule has 0 saturated carbocycles. The van der Waals surface area contributed by atoms with Crippen molar-refractivity contribution in [3.63, 3.8) is 0 Å². The van der Waals surface area contributed by atoms with Crippen LogP contribution < -0.4 is 5.32 Å². The first kappa shape index (κ1) is 15.6. The number of rotatable bonds is 3. The number of nitrogens with one attached hydrogen (secondary N) is 1. The lowest BCUT2D eigenvalue weighted by atomic mass is 10.1. The highest BCUT2D eigenvalue weighted by Crippen LogP contribution is 2.31. The van der Waals surface area contributed by atoms with E-state index in [2.05, 4.69) is 10.3 Å². The number of pyridine rings is 1. The quantitative estimate of drug-likeness (QED) is 0.784. The van der Waals surface area contributed by atoms with E-state index < -0.39 is 11.7 Å². The van der Waals surface area contributed by atoms with Crippen LogP contribution in [0.25, 0.3) is 0 Å². The zero-order valence-electron chi connectivity index (χ0n) is 11.5. The Labute approximate surface area is 126 Å². The van der Waals surface area contributed by atoms with E-state index in [1.807, 2.05) is 19.9 Å². The van der Waals surface area contributed by atoms with Crippen LogP contribution in [0.5, 0.6) is 0 Å². The maximum Gasteiger partial charge on any atom is 0.416 e. The molecule has 1 unspecified atom stereocenters. The Morgan fingerprint density at radius 2 is 1.81 bits per heavy atom. The minimum atomic E-state index is -4.32. The summed E-state index contributed by atoms with van der Waals surface area (Å²) in [5, 5.41) is 3.48. The van der Waals surface area contributed by atoms with E-state index >= 15 is 0 Å². The van der Waals surface area contributed by atoms with Crippen LogP contribution in [0.4, 0.5) is 18.9 Å². The molecular formula is C15H14ClF3N2. The third-order valence-electron chi connectivity index (χ3n) is 3.09. The first-order valence-electron chi connectivity index (χ1n) is 6.33. The van der Waals surface area contributed by atoms with E-state index in [9.17, 15) is 13.2 Å². The molecule has 0 radical (unpaired) electrons. The number of nitrogens with zero attached hydrogens (tertiary/aromatic N) is 1. The third kappa shape index (κ3) is 3.88. The van der Waals surface area contributed by atoms with Gasteiger partial charge in [0, 0.05) is 12.2 Å². The maximum absolute atomic E-state index is 12.5. The van der Waals surface area contributed by atoms with Crippen LogP contribution >= 0.6 is 11.6 Å². The zero-order valence-corrected chi connectivity index (χ0v) is 12.3. The molecule has 1 aromatic carbocycles. The van der Waals surface area contributed by atoms with Gasteiger partial charge in [-0.3, -0.25) is 0 Å². The predicted octanol–water partition coefficient (Wildman–Crippen LogP) is 5.24. The summed E-state index contributed by atoms with van der Waals surface area (Å²) in [7, 11) is 0. The smallest absolute Gasteiger partial charge is 0.376 e. The van der Waals surface area contributed by atoms with Gasteiger partial charge in [0.1, 0.15) is 0 Å². The first-order chi connectivity index (χ1) is 9.77. The van der Waals surface area contributed by atoms with Crippen molar-refractivity contribution in [1.82, 2.24) is 4.98 Å². The van der Waals surface area contributed by atoms with Gasteiger partial charge in [0.25, 0.3) is 0 Å². The van der Waals surface area contributed by atoms with E-state index in [1.54, 1.807) is 6.20 Å². The summed E-state index contributed by atoms with van der Waals surface area (Å²) in [4.78, 5) is 4.03. The molecule has 0 spiro atoms. The third-order valence-corrected chi connectivity index (χ3v) is 3.39. The second kappa shape index (κ2) is 5.93. The topological polar surface area (TPSA) is 24.9 Å². The summed E-state index contributed by atoms with van der Waals surface area (Å²) in [5.41, 5.74) is 1.68. The average Bonchev–Trinajstić information content (AvgIpc) is 2.42. The Morgan fingerprint density at radius 3 is 2.38 bits per heavy atom. The number of benzene rings is 1. The summed E-state index contributed by atoms with van der Waals surface area (Å²) < 4.78 is 37.6. The van der Waals surface area contributed by atoms with Crippen LogP contribution in [-0.2, 0) is 6.18 Å². The molecule has 2 aromatic rings. The van der Waals surface area contributed by atoms with Crippen LogP contribution in [0.2, 0.25) is 5.15 Å². The van der Waals surface area contributed by atoms with Gasteiger partial charge in [0.15, 0.2) is 5.15 Å². The molecule has 0 aliphatic heterocycles. The van der Waals surface area contributed by atoms with E-state index in [0.717, 1.165) is 23.3 Å². The minimum Gasteiger partial charge on any atom is -0.376 e. The normalized spacial score (nSPS) is 13.0. The molecule has 21 heavy (non-hydrogen) atoms. The van der Waals surface area contributed by atoms with Crippen LogP contribution in [0.15, 0.2) is 36.5 Å². The molecule has 1 heterocycles. The number of alkyl halides is 3. The predicted molar refractivity (Wildman–Crippen MR) is 77.5 cm³/mol. The van der Waals surface area contributed by atoms with Crippen molar-refractivity contribution in [2.24, 2.45) is 0 Å². The van der Waals surface area contributed by atoms with Crippen molar-refractivity contribution in [3.8, 4) is 0 Å². The van der Waals surface area contributed by atoms with Crippen molar-refractivity contribution < 1.29 is 13.2 Å². The molecule has 0 saturated heterocycles. The van der Waals surface area contributed by atoms with Gasteiger partial charge in [-0.1, -0.05) is 23.7 Å². The fraction of sp³-hybridized carbons (Fsp3) is 0.267. The molecule has 1 N–H and O–H groups in total. The van der Waals surface area contributed by atoms with E-state index in [4.69, 9.17) is 11.6 Å². The van der Waals surface area contributed by atoms with Crippen LogP contribution in [-0.4, -0.2) is 4.98 Å². The lowest BCUT2D eigenvalue weighted by Gasteiger charge is -2.17. The second-order valence-electron chi connectivity index (χ2n) is 4.84. The molecule has 2 rings (SSSR count). The summed E-state index contributed by atoms with van der Waals surface area (Å²) in [5.74, 6) is 0. The highest BCUT2D eigenvalue weighted by atomic mass is 35.5. The second-order valence-corrected chi connectivity index (χ2v) is 5.19. The molecule has 2 nitrogen and oxygen atoms in total. The summed E-state index contributed by atoms with van der Waals surface area (Å²) in [6, 6.07) is 6.71. The Morgan fingerprint density at radius 1 is 1.19 bits per heavy atom. The fourth-order valence-corrected chi connectivity index (χ4v) is 2.09. The van der Waals surface area contributed by atoms with Gasteiger partial charge >= 0.3 is 6.18 Å². The molecule has 112 valence electrons.